The molecular weight excluding hydrogens is 465 g/mol. The van der Waals surface area contributed by atoms with E-state index in [9.17, 15) is 0 Å². The molecule has 26 heavy (non-hydrogen) atoms. The first-order chi connectivity index (χ1) is 12.4. The summed E-state index contributed by atoms with van der Waals surface area (Å²) in [6, 6.07) is 3.91. The predicted octanol–water partition coefficient (Wildman–Crippen LogP) is 2.78. The molecule has 0 spiro atoms. The lowest BCUT2D eigenvalue weighted by Gasteiger charge is -2.12. The van der Waals surface area contributed by atoms with Crippen LogP contribution in [-0.4, -0.2) is 64.0 Å². The van der Waals surface area contributed by atoms with Crippen molar-refractivity contribution in [2.75, 3.05) is 58.1 Å². The van der Waals surface area contributed by atoms with Gasteiger partial charge in [-0.1, -0.05) is 0 Å². The molecule has 1 aromatic heterocycles. The number of thioether (sulfide) groups is 1. The first-order valence-electron chi connectivity index (χ1n) is 9.07. The highest BCUT2D eigenvalue weighted by molar-refractivity contribution is 14.0. The molecule has 0 saturated carbocycles. The molecular formula is C18H32IN3O3S. The first kappa shape index (κ1) is 23.6. The summed E-state index contributed by atoms with van der Waals surface area (Å²) >= 11 is 1.82. The number of nitrogens with zero attached hydrogens (tertiary/aromatic N) is 1. The Hall–Kier alpha value is -0.450. The van der Waals surface area contributed by atoms with Crippen LogP contribution in [0.1, 0.15) is 18.6 Å². The first-order valence-corrected chi connectivity index (χ1v) is 10.5. The fraction of sp³-hybridized carbons (Fsp3) is 0.722. The minimum atomic E-state index is 0. The molecule has 1 aliphatic heterocycles. The van der Waals surface area contributed by atoms with Crippen LogP contribution in [0.5, 0.6) is 0 Å². The van der Waals surface area contributed by atoms with Crippen LogP contribution in [0.2, 0.25) is 0 Å². The van der Waals surface area contributed by atoms with Crippen LogP contribution in [-0.2, 0) is 15.9 Å². The highest BCUT2D eigenvalue weighted by atomic mass is 127. The van der Waals surface area contributed by atoms with Crippen molar-refractivity contribution in [2.45, 2.75) is 19.3 Å². The Morgan fingerprint density at radius 2 is 2.27 bits per heavy atom. The van der Waals surface area contributed by atoms with Crippen LogP contribution in [0.4, 0.5) is 0 Å². The third-order valence-electron chi connectivity index (χ3n) is 3.94. The zero-order valence-electron chi connectivity index (χ0n) is 15.6. The Kier molecular flexibility index (Phi) is 14.1. The Morgan fingerprint density at radius 3 is 3.00 bits per heavy atom. The summed E-state index contributed by atoms with van der Waals surface area (Å²) in [6.45, 7) is 5.77. The topological polar surface area (TPSA) is 68.0 Å². The van der Waals surface area contributed by atoms with Gasteiger partial charge in [-0.3, -0.25) is 4.99 Å². The van der Waals surface area contributed by atoms with Crippen molar-refractivity contribution in [2.24, 2.45) is 10.9 Å². The molecule has 1 saturated heterocycles. The van der Waals surface area contributed by atoms with Crippen LogP contribution in [0, 0.1) is 5.92 Å². The number of furan rings is 1. The van der Waals surface area contributed by atoms with Crippen LogP contribution in [0.25, 0.3) is 0 Å². The molecule has 150 valence electrons. The van der Waals surface area contributed by atoms with Gasteiger partial charge in [0.2, 0.25) is 0 Å². The lowest BCUT2D eigenvalue weighted by atomic mass is 10.1. The van der Waals surface area contributed by atoms with E-state index >= 15 is 0 Å². The lowest BCUT2D eigenvalue weighted by Crippen LogP contribution is -2.39. The molecule has 2 N–H and O–H groups in total. The zero-order chi connectivity index (χ0) is 17.6. The van der Waals surface area contributed by atoms with E-state index in [2.05, 4.69) is 21.9 Å². The summed E-state index contributed by atoms with van der Waals surface area (Å²) in [4.78, 5) is 4.63. The second-order valence-corrected chi connectivity index (χ2v) is 7.05. The van der Waals surface area contributed by atoms with E-state index in [-0.39, 0.29) is 24.0 Å². The molecule has 1 aromatic rings. The monoisotopic (exact) mass is 497 g/mol. The third-order valence-corrected chi connectivity index (χ3v) is 4.55. The molecule has 0 amide bonds. The van der Waals surface area contributed by atoms with Gasteiger partial charge >= 0.3 is 0 Å². The quantitative estimate of drug-likeness (QED) is 0.200. The Labute approximate surface area is 178 Å². The minimum Gasteiger partial charge on any atom is -0.469 e. The molecule has 0 radical (unpaired) electrons. The molecule has 1 unspecified atom stereocenters. The molecule has 8 heteroatoms. The van der Waals surface area contributed by atoms with E-state index in [0.717, 1.165) is 82.8 Å². The number of aliphatic imine (C=N–C) groups is 1. The van der Waals surface area contributed by atoms with E-state index in [0.29, 0.717) is 5.92 Å². The Balaban J connectivity index is 0.00000338. The third kappa shape index (κ3) is 10.6. The Bertz CT molecular complexity index is 468. The largest absolute Gasteiger partial charge is 0.469 e. The van der Waals surface area contributed by atoms with E-state index in [4.69, 9.17) is 13.9 Å². The van der Waals surface area contributed by atoms with Gasteiger partial charge in [0, 0.05) is 50.9 Å². The highest BCUT2D eigenvalue weighted by Crippen LogP contribution is 2.12. The van der Waals surface area contributed by atoms with Gasteiger partial charge in [0.15, 0.2) is 5.96 Å². The van der Waals surface area contributed by atoms with Crippen molar-refractivity contribution >= 4 is 41.7 Å². The van der Waals surface area contributed by atoms with Gasteiger partial charge in [-0.25, -0.2) is 0 Å². The zero-order valence-corrected chi connectivity index (χ0v) is 18.7. The second kappa shape index (κ2) is 15.6. The number of halogens is 1. The maximum Gasteiger partial charge on any atom is 0.191 e. The van der Waals surface area contributed by atoms with Crippen molar-refractivity contribution < 1.29 is 13.9 Å². The van der Waals surface area contributed by atoms with Gasteiger partial charge < -0.3 is 24.5 Å². The Morgan fingerprint density at radius 1 is 1.38 bits per heavy atom. The van der Waals surface area contributed by atoms with Gasteiger partial charge in [0.1, 0.15) is 5.76 Å². The molecule has 0 aromatic carbocycles. The smallest absolute Gasteiger partial charge is 0.191 e. The molecule has 1 atom stereocenters. The summed E-state index contributed by atoms with van der Waals surface area (Å²) in [6.07, 6.45) is 6.72. The second-order valence-electron chi connectivity index (χ2n) is 6.06. The van der Waals surface area contributed by atoms with Crippen LogP contribution in [0.15, 0.2) is 27.8 Å². The maximum absolute atomic E-state index is 5.72. The molecule has 6 nitrogen and oxygen atoms in total. The number of guanidine groups is 1. The SMILES string of the molecule is CSCCNC(=NCCCOCC1CCOC1)NCCc1ccco1.I. The fourth-order valence-electron chi connectivity index (χ4n) is 2.53. The maximum atomic E-state index is 5.72. The molecule has 1 aliphatic rings. The van der Waals surface area contributed by atoms with Crippen LogP contribution < -0.4 is 10.6 Å². The van der Waals surface area contributed by atoms with E-state index < -0.39 is 0 Å². The number of hydrogen-bond donors (Lipinski definition) is 2. The number of ether oxygens (including phenoxy) is 2. The summed E-state index contributed by atoms with van der Waals surface area (Å²) in [5.41, 5.74) is 0. The summed E-state index contributed by atoms with van der Waals surface area (Å²) in [5.74, 6) is 3.49. The molecule has 1 fully saturated rings. The van der Waals surface area contributed by atoms with Crippen LogP contribution in [0.3, 0.4) is 0 Å². The van der Waals surface area contributed by atoms with Crippen molar-refractivity contribution in [3.8, 4) is 0 Å². The van der Waals surface area contributed by atoms with Crippen molar-refractivity contribution in [1.82, 2.24) is 10.6 Å². The van der Waals surface area contributed by atoms with Gasteiger partial charge in [0.25, 0.3) is 0 Å². The minimum absolute atomic E-state index is 0. The molecule has 2 heterocycles. The predicted molar refractivity (Wildman–Crippen MR) is 119 cm³/mol. The van der Waals surface area contributed by atoms with Crippen molar-refractivity contribution in [1.29, 1.82) is 0 Å². The van der Waals surface area contributed by atoms with E-state index in [1.165, 1.54) is 0 Å². The van der Waals surface area contributed by atoms with Gasteiger partial charge in [0.05, 0.1) is 19.5 Å². The van der Waals surface area contributed by atoms with Gasteiger partial charge in [-0.15, -0.1) is 24.0 Å². The average molecular weight is 497 g/mol. The van der Waals surface area contributed by atoms with E-state index in [1.807, 2.05) is 23.9 Å². The van der Waals surface area contributed by atoms with Gasteiger partial charge in [-0.2, -0.15) is 11.8 Å². The van der Waals surface area contributed by atoms with Gasteiger partial charge in [-0.05, 0) is 31.2 Å². The number of nitrogens with one attached hydrogen (secondary N) is 2. The summed E-state index contributed by atoms with van der Waals surface area (Å²) in [7, 11) is 0. The molecule has 0 aliphatic carbocycles. The summed E-state index contributed by atoms with van der Waals surface area (Å²) in [5, 5.41) is 6.73. The standard InChI is InChI=1S/C18H31N3O3S.HI/c1-25-13-9-21-18(20-8-5-17-4-2-11-24-17)19-7-3-10-22-14-16-6-12-23-15-16;/h2,4,11,16H,3,5-10,12-15H2,1H3,(H2,19,20,21);1H. The summed E-state index contributed by atoms with van der Waals surface area (Å²) < 4.78 is 16.4. The normalized spacial score (nSPS) is 17.1. The van der Waals surface area contributed by atoms with E-state index in [1.54, 1.807) is 6.26 Å². The number of rotatable bonds is 12. The lowest BCUT2D eigenvalue weighted by molar-refractivity contribution is 0.0893. The number of hydrogen-bond acceptors (Lipinski definition) is 5. The van der Waals surface area contributed by atoms with Crippen LogP contribution >= 0.6 is 35.7 Å². The average Bonchev–Trinajstić information content (AvgIpc) is 3.31. The molecule has 2 rings (SSSR count). The fourth-order valence-corrected chi connectivity index (χ4v) is 2.83. The molecule has 0 bridgehead atoms. The van der Waals surface area contributed by atoms with Crippen molar-refractivity contribution in [3.63, 3.8) is 0 Å². The highest BCUT2D eigenvalue weighted by Gasteiger charge is 2.15. The van der Waals surface area contributed by atoms with Crippen molar-refractivity contribution in [3.05, 3.63) is 24.2 Å².